The topological polar surface area (TPSA) is 117 Å². The van der Waals surface area contributed by atoms with Gasteiger partial charge in [-0.15, -0.1) is 0 Å². The van der Waals surface area contributed by atoms with Crippen molar-refractivity contribution in [3.05, 3.63) is 54.1 Å². The molecule has 2 unspecified atom stereocenters. The molecule has 3 N–H and O–H groups in total. The number of anilines is 1. The lowest BCUT2D eigenvalue weighted by atomic mass is 10.0. The molecule has 0 aliphatic heterocycles. The van der Waals surface area contributed by atoms with Crippen LogP contribution < -0.4 is 15.4 Å². The van der Waals surface area contributed by atoms with Crippen molar-refractivity contribution in [1.82, 2.24) is 10.2 Å². The van der Waals surface area contributed by atoms with Crippen LogP contribution in [-0.4, -0.2) is 53.2 Å². The number of methoxy groups -OCH3 is 1. The molecule has 9 heteroatoms. The van der Waals surface area contributed by atoms with Gasteiger partial charge in [-0.1, -0.05) is 19.1 Å². The third-order valence-electron chi connectivity index (χ3n) is 4.95. The van der Waals surface area contributed by atoms with E-state index < -0.39 is 35.6 Å². The first-order chi connectivity index (χ1) is 16.4. The Bertz CT molecular complexity index is 1020. The van der Waals surface area contributed by atoms with Crippen molar-refractivity contribution in [3.8, 4) is 11.5 Å². The van der Waals surface area contributed by atoms with E-state index in [1.165, 1.54) is 24.0 Å². The maximum Gasteiger partial charge on any atom is 0.408 e. The summed E-state index contributed by atoms with van der Waals surface area (Å²) in [5.41, 5.74) is 0.227. The van der Waals surface area contributed by atoms with Crippen molar-refractivity contribution < 1.29 is 29.0 Å². The van der Waals surface area contributed by atoms with Crippen LogP contribution in [0.25, 0.3) is 0 Å². The summed E-state index contributed by atoms with van der Waals surface area (Å²) in [5.74, 6) is -0.325. The number of phenolic OH excluding ortho intramolecular Hbond substituents is 1. The van der Waals surface area contributed by atoms with Crippen LogP contribution in [0.1, 0.15) is 52.6 Å². The van der Waals surface area contributed by atoms with E-state index >= 15 is 0 Å². The van der Waals surface area contributed by atoms with Gasteiger partial charge < -0.3 is 30.1 Å². The summed E-state index contributed by atoms with van der Waals surface area (Å²) in [4.78, 5) is 40.6. The second-order valence-corrected chi connectivity index (χ2v) is 9.11. The standard InChI is InChI=1S/C26H35N3O6/c1-7-15-29(24(32)17(2)27-25(33)35-26(3,4)5)22(18-9-8-10-20(30)16-18)23(31)28-19-11-13-21(34-6)14-12-19/h8-14,16-17,22,30H,7,15H2,1-6H3,(H,27,33)(H,28,31). The Morgan fingerprint density at radius 2 is 1.74 bits per heavy atom. The van der Waals surface area contributed by atoms with Crippen LogP contribution in [0.5, 0.6) is 11.5 Å². The number of phenols is 1. The highest BCUT2D eigenvalue weighted by Crippen LogP contribution is 2.27. The molecule has 35 heavy (non-hydrogen) atoms. The highest BCUT2D eigenvalue weighted by molar-refractivity contribution is 5.99. The molecule has 0 aliphatic rings. The summed E-state index contributed by atoms with van der Waals surface area (Å²) < 4.78 is 10.4. The van der Waals surface area contributed by atoms with Crippen molar-refractivity contribution in [2.24, 2.45) is 0 Å². The minimum Gasteiger partial charge on any atom is -0.508 e. The first-order valence-electron chi connectivity index (χ1n) is 11.5. The van der Waals surface area contributed by atoms with Crippen LogP contribution in [-0.2, 0) is 14.3 Å². The SMILES string of the molecule is CCCN(C(=O)C(C)NC(=O)OC(C)(C)C)C(C(=O)Nc1ccc(OC)cc1)c1cccc(O)c1. The smallest absolute Gasteiger partial charge is 0.408 e. The molecule has 2 aromatic rings. The van der Waals surface area contributed by atoms with Gasteiger partial charge in [-0.25, -0.2) is 4.79 Å². The van der Waals surface area contributed by atoms with E-state index in [1.807, 2.05) is 6.92 Å². The third-order valence-corrected chi connectivity index (χ3v) is 4.95. The molecule has 0 bridgehead atoms. The zero-order valence-corrected chi connectivity index (χ0v) is 21.1. The van der Waals surface area contributed by atoms with Crippen molar-refractivity contribution in [1.29, 1.82) is 0 Å². The molecule has 0 saturated heterocycles. The Morgan fingerprint density at radius 1 is 1.09 bits per heavy atom. The number of nitrogens with one attached hydrogen (secondary N) is 2. The summed E-state index contributed by atoms with van der Waals surface area (Å²) in [6.07, 6.45) is -0.165. The zero-order chi connectivity index (χ0) is 26.2. The van der Waals surface area contributed by atoms with Gasteiger partial charge in [0.2, 0.25) is 5.91 Å². The fraction of sp³-hybridized carbons (Fsp3) is 0.423. The fourth-order valence-electron chi connectivity index (χ4n) is 3.45. The van der Waals surface area contributed by atoms with Gasteiger partial charge in [-0.3, -0.25) is 9.59 Å². The average molecular weight is 486 g/mol. The van der Waals surface area contributed by atoms with Gasteiger partial charge in [0.1, 0.15) is 29.2 Å². The molecule has 0 aliphatic carbocycles. The summed E-state index contributed by atoms with van der Waals surface area (Å²) >= 11 is 0. The third kappa shape index (κ3) is 8.20. The number of hydrogen-bond acceptors (Lipinski definition) is 6. The van der Waals surface area contributed by atoms with Gasteiger partial charge in [0.15, 0.2) is 0 Å². The van der Waals surface area contributed by atoms with Crippen molar-refractivity contribution >= 4 is 23.6 Å². The van der Waals surface area contributed by atoms with Crippen molar-refractivity contribution in [3.63, 3.8) is 0 Å². The highest BCUT2D eigenvalue weighted by Gasteiger charge is 2.34. The molecule has 3 amide bonds. The number of hydrogen-bond donors (Lipinski definition) is 3. The minimum atomic E-state index is -1.06. The van der Waals surface area contributed by atoms with Gasteiger partial charge in [-0.05, 0) is 76.1 Å². The Morgan fingerprint density at radius 3 is 2.29 bits per heavy atom. The second-order valence-electron chi connectivity index (χ2n) is 9.11. The monoisotopic (exact) mass is 485 g/mol. The molecular formula is C26H35N3O6. The van der Waals surface area contributed by atoms with Crippen LogP contribution in [0.2, 0.25) is 0 Å². The van der Waals surface area contributed by atoms with Gasteiger partial charge in [0.25, 0.3) is 5.91 Å². The summed E-state index contributed by atoms with van der Waals surface area (Å²) in [6.45, 7) is 8.84. The molecule has 190 valence electrons. The zero-order valence-electron chi connectivity index (χ0n) is 21.1. The number of aromatic hydroxyl groups is 1. The second kappa shape index (κ2) is 12.1. The molecule has 9 nitrogen and oxygen atoms in total. The van der Waals surface area contributed by atoms with Crippen LogP contribution >= 0.6 is 0 Å². The maximum absolute atomic E-state index is 13.5. The molecule has 0 radical (unpaired) electrons. The Kier molecular flexibility index (Phi) is 9.50. The normalized spacial score (nSPS) is 12.7. The molecule has 2 atom stereocenters. The molecule has 0 heterocycles. The molecule has 0 fully saturated rings. The van der Waals surface area contributed by atoms with Gasteiger partial charge >= 0.3 is 6.09 Å². The van der Waals surface area contributed by atoms with Crippen molar-refractivity contribution in [2.45, 2.75) is 58.7 Å². The number of alkyl carbamates (subject to hydrolysis) is 1. The van der Waals surface area contributed by atoms with Crippen LogP contribution in [0.4, 0.5) is 10.5 Å². The number of rotatable bonds is 9. The van der Waals surface area contributed by atoms with E-state index in [2.05, 4.69) is 10.6 Å². The molecule has 0 spiro atoms. The lowest BCUT2D eigenvalue weighted by Gasteiger charge is -2.33. The predicted octanol–water partition coefficient (Wildman–Crippen LogP) is 4.23. The number of carbonyl (C=O) groups is 3. The lowest BCUT2D eigenvalue weighted by Crippen LogP contribution is -2.51. The Hall–Kier alpha value is -3.75. The van der Waals surface area contributed by atoms with E-state index in [0.717, 1.165) is 0 Å². The molecule has 0 saturated carbocycles. The van der Waals surface area contributed by atoms with Gasteiger partial charge in [0.05, 0.1) is 7.11 Å². The van der Waals surface area contributed by atoms with E-state index in [0.29, 0.717) is 23.4 Å². The van der Waals surface area contributed by atoms with Crippen LogP contribution in [0, 0.1) is 0 Å². The molecular weight excluding hydrogens is 450 g/mol. The lowest BCUT2D eigenvalue weighted by molar-refractivity contribution is -0.140. The largest absolute Gasteiger partial charge is 0.508 e. The number of ether oxygens (including phenoxy) is 2. The highest BCUT2D eigenvalue weighted by atomic mass is 16.6. The van der Waals surface area contributed by atoms with Gasteiger partial charge in [0, 0.05) is 12.2 Å². The minimum absolute atomic E-state index is 0.0337. The van der Waals surface area contributed by atoms with E-state index in [9.17, 15) is 19.5 Å². The van der Waals surface area contributed by atoms with Crippen molar-refractivity contribution in [2.75, 3.05) is 19.0 Å². The molecule has 2 rings (SSSR count). The van der Waals surface area contributed by atoms with E-state index in [-0.39, 0.29) is 12.3 Å². The Labute approximate surface area is 206 Å². The first-order valence-corrected chi connectivity index (χ1v) is 11.5. The molecule has 2 aromatic carbocycles. The summed E-state index contributed by atoms with van der Waals surface area (Å²) in [5, 5.41) is 15.4. The molecule has 0 aromatic heterocycles. The maximum atomic E-state index is 13.5. The first kappa shape index (κ1) is 27.5. The quantitative estimate of drug-likeness (QED) is 0.489. The number of nitrogens with zero attached hydrogens (tertiary/aromatic N) is 1. The predicted molar refractivity (Wildman–Crippen MR) is 133 cm³/mol. The fourth-order valence-corrected chi connectivity index (χ4v) is 3.45. The van der Waals surface area contributed by atoms with Crippen LogP contribution in [0.15, 0.2) is 48.5 Å². The number of amides is 3. The van der Waals surface area contributed by atoms with Gasteiger partial charge in [-0.2, -0.15) is 0 Å². The number of benzene rings is 2. The average Bonchev–Trinajstić information content (AvgIpc) is 2.77. The van der Waals surface area contributed by atoms with Crippen LogP contribution in [0.3, 0.4) is 0 Å². The van der Waals surface area contributed by atoms with E-state index in [1.54, 1.807) is 64.3 Å². The Balaban J connectivity index is 2.37. The summed E-state index contributed by atoms with van der Waals surface area (Å²) in [7, 11) is 1.55. The summed E-state index contributed by atoms with van der Waals surface area (Å²) in [6, 6.07) is 11.0. The van der Waals surface area contributed by atoms with E-state index in [4.69, 9.17) is 9.47 Å². The number of carbonyl (C=O) groups excluding carboxylic acids is 3.